The second-order valence-corrected chi connectivity index (χ2v) is 11.8. The maximum absolute atomic E-state index is 12.8. The van der Waals surface area contributed by atoms with E-state index in [1.54, 1.807) is 66.4 Å². The number of thiol groups is 1. The van der Waals surface area contributed by atoms with Crippen molar-refractivity contribution in [1.82, 2.24) is 9.47 Å². The summed E-state index contributed by atoms with van der Waals surface area (Å²) in [5.41, 5.74) is 3.70. The fraction of sp³-hybridized carbons (Fsp3) is 0.457. The van der Waals surface area contributed by atoms with Crippen molar-refractivity contribution >= 4 is 54.4 Å². The largest absolute Gasteiger partial charge is 0.498 e. The number of esters is 1. The average Bonchev–Trinajstić information content (AvgIpc) is 3.45. The molecule has 1 aliphatic rings. The molecule has 1 aromatic carbocycles. The molecule has 1 aromatic heterocycles. The number of nitrogens with zero attached hydrogens (tertiary/aromatic N) is 3. The van der Waals surface area contributed by atoms with Gasteiger partial charge in [0.2, 0.25) is 12.3 Å². The molecule has 0 aliphatic heterocycles. The lowest BCUT2D eigenvalue weighted by Gasteiger charge is -2.25. The Morgan fingerprint density at radius 2 is 1.83 bits per heavy atom. The molecule has 12 nitrogen and oxygen atoms in total. The van der Waals surface area contributed by atoms with Crippen LogP contribution < -0.4 is 10.6 Å². The van der Waals surface area contributed by atoms with Gasteiger partial charge in [-0.3, -0.25) is 19.4 Å². The number of allylic oxidation sites excluding steroid dienone is 2. The second kappa shape index (κ2) is 20.1. The number of benzene rings is 1. The number of aromatic nitrogens is 1. The van der Waals surface area contributed by atoms with E-state index in [1.165, 1.54) is 7.11 Å². The average molecular weight is 682 g/mol. The van der Waals surface area contributed by atoms with Crippen LogP contribution in [0.5, 0.6) is 0 Å². The molecule has 0 saturated carbocycles. The van der Waals surface area contributed by atoms with Crippen molar-refractivity contribution in [3.05, 3.63) is 70.9 Å². The zero-order valence-corrected chi connectivity index (χ0v) is 29.1. The molecule has 0 radical (unpaired) electrons. The Bertz CT molecular complexity index is 1480. The van der Waals surface area contributed by atoms with Crippen molar-refractivity contribution in [3.8, 4) is 0 Å². The molecule has 1 heterocycles. The number of unbranched alkanes of at least 4 members (excludes halogenated alkanes) is 3. The topological polar surface area (TPSA) is 141 Å². The first-order valence-electron chi connectivity index (χ1n) is 16.0. The third-order valence-electron chi connectivity index (χ3n) is 7.76. The highest BCUT2D eigenvalue weighted by molar-refractivity contribution is 7.80. The quantitative estimate of drug-likeness (QED) is 0.0559. The van der Waals surface area contributed by atoms with Crippen LogP contribution in [0.1, 0.15) is 72.7 Å². The molecule has 13 heteroatoms. The van der Waals surface area contributed by atoms with Gasteiger partial charge in [-0.2, -0.15) is 12.6 Å². The molecular formula is C35H47N5O7S. The lowest BCUT2D eigenvalue weighted by atomic mass is 10.0. The molecule has 3 rings (SSSR count). The predicted molar refractivity (Wildman–Crippen MR) is 190 cm³/mol. The summed E-state index contributed by atoms with van der Waals surface area (Å²) in [6, 6.07) is 7.99. The van der Waals surface area contributed by atoms with E-state index in [-0.39, 0.29) is 17.9 Å². The molecule has 0 fully saturated rings. The van der Waals surface area contributed by atoms with Crippen LogP contribution in [0.3, 0.4) is 0 Å². The molecule has 1 unspecified atom stereocenters. The number of hydrogen-bond donors (Lipinski definition) is 3. The fourth-order valence-electron chi connectivity index (χ4n) is 5.06. The van der Waals surface area contributed by atoms with E-state index in [1.807, 2.05) is 13.0 Å². The molecule has 260 valence electrons. The number of carbonyl (C=O) groups excluding carboxylic acids is 4. The summed E-state index contributed by atoms with van der Waals surface area (Å²) >= 11 is 4.22. The van der Waals surface area contributed by atoms with Gasteiger partial charge >= 0.3 is 5.97 Å². The van der Waals surface area contributed by atoms with Crippen molar-refractivity contribution in [2.75, 3.05) is 50.3 Å². The van der Waals surface area contributed by atoms with Crippen LogP contribution >= 0.6 is 12.6 Å². The molecular weight excluding hydrogens is 634 g/mol. The van der Waals surface area contributed by atoms with E-state index in [4.69, 9.17) is 14.2 Å². The third kappa shape index (κ3) is 12.0. The number of anilines is 2. The van der Waals surface area contributed by atoms with Crippen LogP contribution in [-0.2, 0) is 30.8 Å². The maximum atomic E-state index is 12.8. The van der Waals surface area contributed by atoms with Gasteiger partial charge in [-0.1, -0.05) is 6.42 Å². The van der Waals surface area contributed by atoms with E-state index >= 15 is 0 Å². The predicted octanol–water partition coefficient (Wildman–Crippen LogP) is 5.40. The number of hydrogen-bond acceptors (Lipinski definition) is 9. The van der Waals surface area contributed by atoms with Crippen LogP contribution in [0.15, 0.2) is 64.6 Å². The summed E-state index contributed by atoms with van der Waals surface area (Å²) in [5.74, 6) is 0.609. The lowest BCUT2D eigenvalue weighted by molar-refractivity contribution is -0.117. The van der Waals surface area contributed by atoms with Crippen LogP contribution in [0, 0.1) is 0 Å². The Kier molecular flexibility index (Phi) is 16.0. The van der Waals surface area contributed by atoms with Crippen molar-refractivity contribution < 1.29 is 33.4 Å². The molecule has 0 saturated heterocycles. The Hall–Kier alpha value is -4.36. The second-order valence-electron chi connectivity index (χ2n) is 11.4. The SMILES string of the molecule is COC(=O)c1ccc(NC(=O)c2cc(NC(=O)CCCCCOC3CC(N=CCN(C=O)CCCCS)=C(C)C=C3OC)cn2C)cc1. The van der Waals surface area contributed by atoms with Gasteiger partial charge in [0, 0.05) is 56.8 Å². The Morgan fingerprint density at radius 1 is 1.06 bits per heavy atom. The summed E-state index contributed by atoms with van der Waals surface area (Å²) in [5, 5.41) is 5.65. The van der Waals surface area contributed by atoms with Gasteiger partial charge in [-0.25, -0.2) is 4.79 Å². The number of aliphatic imine (C=N–C) groups is 1. The molecule has 1 aliphatic carbocycles. The van der Waals surface area contributed by atoms with Crippen molar-refractivity contribution in [3.63, 3.8) is 0 Å². The maximum Gasteiger partial charge on any atom is 0.337 e. The van der Waals surface area contributed by atoms with Gasteiger partial charge in [0.05, 0.1) is 32.0 Å². The normalized spacial score (nSPS) is 14.4. The lowest BCUT2D eigenvalue weighted by Crippen LogP contribution is -2.25. The number of amides is 3. The molecule has 48 heavy (non-hydrogen) atoms. The summed E-state index contributed by atoms with van der Waals surface area (Å²) < 4.78 is 18.0. The monoisotopic (exact) mass is 681 g/mol. The first-order valence-corrected chi connectivity index (χ1v) is 16.7. The van der Waals surface area contributed by atoms with Crippen LogP contribution in [0.4, 0.5) is 11.4 Å². The Labute approximate surface area is 288 Å². The highest BCUT2D eigenvalue weighted by Crippen LogP contribution is 2.28. The molecule has 2 N–H and O–H groups in total. The number of rotatable bonds is 20. The smallest absolute Gasteiger partial charge is 0.337 e. The first kappa shape index (κ1) is 38.1. The van der Waals surface area contributed by atoms with E-state index in [9.17, 15) is 19.2 Å². The van der Waals surface area contributed by atoms with Crippen LogP contribution in [-0.4, -0.2) is 85.6 Å². The minimum atomic E-state index is -0.457. The molecule has 0 bridgehead atoms. The number of nitrogens with one attached hydrogen (secondary N) is 2. The van der Waals surface area contributed by atoms with Gasteiger partial charge in [-0.15, -0.1) is 0 Å². The highest BCUT2D eigenvalue weighted by atomic mass is 32.1. The molecule has 3 amide bonds. The highest BCUT2D eigenvalue weighted by Gasteiger charge is 2.23. The zero-order valence-electron chi connectivity index (χ0n) is 28.2. The van der Waals surface area contributed by atoms with E-state index < -0.39 is 5.97 Å². The van der Waals surface area contributed by atoms with Gasteiger partial charge in [-0.05, 0) is 80.3 Å². The van der Waals surface area contributed by atoms with Crippen LogP contribution in [0.25, 0.3) is 0 Å². The summed E-state index contributed by atoms with van der Waals surface area (Å²) in [6.07, 6.45) is 11.0. The van der Waals surface area contributed by atoms with Crippen molar-refractivity contribution in [2.45, 2.75) is 58.0 Å². The summed E-state index contributed by atoms with van der Waals surface area (Å²) in [6.45, 7) is 3.62. The number of ether oxygens (including phenoxy) is 3. The van der Waals surface area contributed by atoms with Gasteiger partial charge in [0.15, 0.2) is 0 Å². The minimum absolute atomic E-state index is 0.137. The van der Waals surface area contributed by atoms with Crippen molar-refractivity contribution in [1.29, 1.82) is 0 Å². The Balaban J connectivity index is 1.38. The molecule has 2 aromatic rings. The zero-order chi connectivity index (χ0) is 34.9. The number of methoxy groups -OCH3 is 2. The van der Waals surface area contributed by atoms with Crippen LogP contribution in [0.2, 0.25) is 0 Å². The number of carbonyl (C=O) groups is 4. The van der Waals surface area contributed by atoms with E-state index in [0.717, 1.165) is 54.9 Å². The van der Waals surface area contributed by atoms with Gasteiger partial charge < -0.3 is 34.3 Å². The minimum Gasteiger partial charge on any atom is -0.498 e. The Morgan fingerprint density at radius 3 is 2.52 bits per heavy atom. The molecule has 0 spiro atoms. The summed E-state index contributed by atoms with van der Waals surface area (Å²) in [4.78, 5) is 54.7. The third-order valence-corrected chi connectivity index (χ3v) is 8.08. The molecule has 1 atom stereocenters. The first-order chi connectivity index (χ1) is 23.2. The van der Waals surface area contributed by atoms with Gasteiger partial charge in [0.25, 0.3) is 5.91 Å². The van der Waals surface area contributed by atoms with E-state index in [0.29, 0.717) is 61.6 Å². The summed E-state index contributed by atoms with van der Waals surface area (Å²) in [7, 11) is 4.66. The van der Waals surface area contributed by atoms with Gasteiger partial charge in [0.1, 0.15) is 17.6 Å². The standard InChI is InChI=1S/C35H47N5O7S/c1-25-20-31(45-3)32(22-29(25)36-15-17-40(24-41)16-7-9-19-48)47-18-8-5-6-10-33(42)37-28-21-30(39(2)23-28)34(43)38-27-13-11-26(12-14-27)35(44)46-4/h11-15,20-21,23-24,32,48H,5-10,16-19,22H2,1-4H3,(H,37,42)(H,38,43). The van der Waals surface area contributed by atoms with E-state index in [2.05, 4.69) is 28.3 Å². The number of aryl methyl sites for hydroxylation is 1. The van der Waals surface area contributed by atoms with Crippen molar-refractivity contribution in [2.24, 2.45) is 12.0 Å². The fourth-order valence-corrected chi connectivity index (χ4v) is 5.28.